The molecular weight excluding hydrogens is 400 g/mol. The Labute approximate surface area is 170 Å². The maximum Gasteiger partial charge on any atom is 0.278 e. The molecule has 0 unspecified atom stereocenters. The molecule has 0 spiro atoms. The Morgan fingerprint density at radius 1 is 1.20 bits per heavy atom. The van der Waals surface area contributed by atoms with Crippen LogP contribution in [-0.4, -0.2) is 120 Å². The lowest BCUT2D eigenvalue weighted by molar-refractivity contribution is -0.0505. The molecule has 13 heteroatoms. The van der Waals surface area contributed by atoms with Crippen LogP contribution in [0.15, 0.2) is 11.1 Å². The number of anilines is 1. The number of ether oxygens (including phenoxy) is 1. The summed E-state index contributed by atoms with van der Waals surface area (Å²) in [7, 11) is 0. The lowest BCUT2D eigenvalue weighted by Gasteiger charge is -2.36. The van der Waals surface area contributed by atoms with Gasteiger partial charge in [-0.1, -0.05) is 0 Å². The molecule has 0 amide bonds. The van der Waals surface area contributed by atoms with Gasteiger partial charge in [-0.25, -0.2) is 9.97 Å². The Bertz CT molecular complexity index is 927. The highest BCUT2D eigenvalue weighted by Crippen LogP contribution is 2.35. The molecule has 5 atom stereocenters. The van der Waals surface area contributed by atoms with Gasteiger partial charge in [-0.3, -0.25) is 14.3 Å². The van der Waals surface area contributed by atoms with Gasteiger partial charge in [0.15, 0.2) is 17.4 Å². The summed E-state index contributed by atoms with van der Waals surface area (Å²) in [5.41, 5.74) is -0.179. The highest BCUT2D eigenvalue weighted by atomic mass is 16.6. The number of aromatic nitrogens is 4. The van der Waals surface area contributed by atoms with Crippen molar-refractivity contribution in [3.05, 3.63) is 16.7 Å². The molecule has 6 N–H and O–H groups in total. The van der Waals surface area contributed by atoms with E-state index in [1.165, 1.54) is 10.9 Å². The molecule has 166 valence electrons. The van der Waals surface area contributed by atoms with E-state index < -0.39 is 42.8 Å². The van der Waals surface area contributed by atoms with E-state index in [0.717, 1.165) is 0 Å². The third-order valence-corrected chi connectivity index (χ3v) is 5.57. The minimum atomic E-state index is -1.35. The number of piperazine rings is 1. The van der Waals surface area contributed by atoms with Gasteiger partial charge in [-0.2, -0.15) is 0 Å². The van der Waals surface area contributed by atoms with E-state index in [0.29, 0.717) is 38.7 Å². The van der Waals surface area contributed by atoms with E-state index in [4.69, 9.17) is 9.84 Å². The first kappa shape index (κ1) is 21.1. The Morgan fingerprint density at radius 3 is 2.57 bits per heavy atom. The molecule has 4 heterocycles. The third-order valence-electron chi connectivity index (χ3n) is 5.57. The predicted octanol–water partition coefficient (Wildman–Crippen LogP) is -3.79. The van der Waals surface area contributed by atoms with Crippen molar-refractivity contribution in [1.29, 1.82) is 0 Å². The van der Waals surface area contributed by atoms with Crippen LogP contribution in [0.5, 0.6) is 0 Å². The number of β-amino-alcohol motifs (C(OH)–C–C–N with tert-alkyl or cyclic N) is 1. The van der Waals surface area contributed by atoms with Gasteiger partial charge < -0.3 is 40.2 Å². The van der Waals surface area contributed by atoms with Crippen LogP contribution in [0.4, 0.5) is 5.95 Å². The first-order valence-electron chi connectivity index (χ1n) is 9.79. The second-order valence-electron chi connectivity index (χ2n) is 7.54. The van der Waals surface area contributed by atoms with Crippen LogP contribution in [0.3, 0.4) is 0 Å². The molecule has 2 aromatic rings. The number of aliphatic hydroxyl groups excluding tert-OH is 5. The second kappa shape index (κ2) is 8.55. The van der Waals surface area contributed by atoms with Gasteiger partial charge in [0, 0.05) is 32.7 Å². The van der Waals surface area contributed by atoms with Crippen molar-refractivity contribution in [3.63, 3.8) is 0 Å². The zero-order valence-electron chi connectivity index (χ0n) is 16.2. The van der Waals surface area contributed by atoms with Gasteiger partial charge >= 0.3 is 0 Å². The summed E-state index contributed by atoms with van der Waals surface area (Å²) < 4.78 is 7.15. The summed E-state index contributed by atoms with van der Waals surface area (Å²) in [4.78, 5) is 27.3. The van der Waals surface area contributed by atoms with Crippen molar-refractivity contribution in [2.75, 3.05) is 50.8 Å². The van der Waals surface area contributed by atoms with Gasteiger partial charge in [0.1, 0.15) is 18.3 Å². The number of aromatic amines is 1. The minimum absolute atomic E-state index is 0.0726. The molecule has 0 bridgehead atoms. The lowest BCUT2D eigenvalue weighted by Crippen LogP contribution is -2.50. The van der Waals surface area contributed by atoms with Gasteiger partial charge in [0.2, 0.25) is 5.95 Å². The Balaban J connectivity index is 1.67. The Morgan fingerprint density at radius 2 is 1.93 bits per heavy atom. The minimum Gasteiger partial charge on any atom is -0.394 e. The number of aliphatic hydroxyl groups is 5. The monoisotopic (exact) mass is 426 g/mol. The van der Waals surface area contributed by atoms with Crippen molar-refractivity contribution < 1.29 is 30.3 Å². The standard InChI is InChI=1S/C17H26N6O7/c24-6-9(26)5-21-1-3-22(4-2-21)17-20-11-14(18-8-19-15(11)29)23(17)16-13(28)12(27)10(7-25)30-16/h8-10,12-13,16,24-28H,1-7H2,(H,18,19,29)/t9-,10-,12+,13-,16-/m1/s1. The van der Waals surface area contributed by atoms with E-state index in [1.54, 1.807) is 0 Å². The highest BCUT2D eigenvalue weighted by Gasteiger charge is 2.45. The summed E-state index contributed by atoms with van der Waals surface area (Å²) in [5.74, 6) is 0.353. The predicted molar refractivity (Wildman–Crippen MR) is 103 cm³/mol. The summed E-state index contributed by atoms with van der Waals surface area (Å²) in [6.45, 7) is 1.74. The summed E-state index contributed by atoms with van der Waals surface area (Å²) in [6.07, 6.45) is -4.30. The number of hydrogen-bond donors (Lipinski definition) is 6. The van der Waals surface area contributed by atoms with Crippen LogP contribution in [0, 0.1) is 0 Å². The molecule has 2 saturated heterocycles. The molecule has 4 rings (SSSR count). The van der Waals surface area contributed by atoms with Gasteiger partial charge in [-0.15, -0.1) is 0 Å². The number of nitrogens with one attached hydrogen (secondary N) is 1. The summed E-state index contributed by atoms with van der Waals surface area (Å²) >= 11 is 0. The quantitative estimate of drug-likeness (QED) is 0.267. The molecule has 30 heavy (non-hydrogen) atoms. The molecule has 0 radical (unpaired) electrons. The average molecular weight is 426 g/mol. The molecule has 2 aromatic heterocycles. The molecular formula is C17H26N6O7. The largest absolute Gasteiger partial charge is 0.394 e. The number of nitrogens with zero attached hydrogens (tertiary/aromatic N) is 5. The topological polar surface area (TPSA) is 180 Å². The molecule has 2 aliphatic heterocycles. The number of H-pyrrole nitrogens is 1. The molecule has 2 fully saturated rings. The van der Waals surface area contributed by atoms with E-state index in [9.17, 15) is 25.2 Å². The maximum absolute atomic E-state index is 12.3. The first-order valence-corrected chi connectivity index (χ1v) is 9.79. The lowest BCUT2D eigenvalue weighted by atomic mass is 10.1. The fourth-order valence-corrected chi connectivity index (χ4v) is 3.95. The van der Waals surface area contributed by atoms with E-state index in [-0.39, 0.29) is 17.8 Å². The van der Waals surface area contributed by atoms with E-state index in [2.05, 4.69) is 15.0 Å². The Hall–Kier alpha value is -2.13. The fraction of sp³-hybridized carbons (Fsp3) is 0.706. The van der Waals surface area contributed by atoms with Crippen molar-refractivity contribution in [2.45, 2.75) is 30.6 Å². The van der Waals surface area contributed by atoms with Gasteiger partial charge in [-0.05, 0) is 0 Å². The Kier molecular flexibility index (Phi) is 6.02. The van der Waals surface area contributed by atoms with Crippen LogP contribution in [-0.2, 0) is 4.74 Å². The fourth-order valence-electron chi connectivity index (χ4n) is 3.95. The van der Waals surface area contributed by atoms with Crippen molar-refractivity contribution in [3.8, 4) is 0 Å². The highest BCUT2D eigenvalue weighted by molar-refractivity contribution is 5.74. The van der Waals surface area contributed by atoms with Gasteiger partial charge in [0.05, 0.1) is 25.6 Å². The zero-order valence-corrected chi connectivity index (χ0v) is 16.2. The van der Waals surface area contributed by atoms with E-state index in [1.807, 2.05) is 9.80 Å². The summed E-state index contributed by atoms with van der Waals surface area (Å²) in [5, 5.41) is 48.8. The van der Waals surface area contributed by atoms with Crippen molar-refractivity contribution in [1.82, 2.24) is 24.4 Å². The second-order valence-corrected chi connectivity index (χ2v) is 7.54. The van der Waals surface area contributed by atoms with Crippen LogP contribution in [0.25, 0.3) is 11.2 Å². The molecule has 0 aliphatic carbocycles. The molecule has 2 aliphatic rings. The number of fused-ring (bicyclic) bond motifs is 1. The first-order chi connectivity index (χ1) is 14.4. The molecule has 13 nitrogen and oxygen atoms in total. The van der Waals surface area contributed by atoms with Gasteiger partial charge in [0.25, 0.3) is 5.56 Å². The molecule has 0 saturated carbocycles. The normalized spacial score (nSPS) is 29.0. The number of imidazole rings is 1. The number of rotatable bonds is 6. The third kappa shape index (κ3) is 3.69. The van der Waals surface area contributed by atoms with E-state index >= 15 is 0 Å². The molecule has 0 aromatic carbocycles. The number of hydrogen-bond acceptors (Lipinski definition) is 11. The van der Waals surface area contributed by atoms with Crippen LogP contribution >= 0.6 is 0 Å². The van der Waals surface area contributed by atoms with Crippen molar-refractivity contribution in [2.24, 2.45) is 0 Å². The van der Waals surface area contributed by atoms with Crippen LogP contribution < -0.4 is 10.5 Å². The smallest absolute Gasteiger partial charge is 0.278 e. The van der Waals surface area contributed by atoms with Crippen molar-refractivity contribution >= 4 is 17.1 Å². The maximum atomic E-state index is 12.3. The average Bonchev–Trinajstić information content (AvgIpc) is 3.27. The SMILES string of the molecule is O=c1[nH]cnc2c1nc(N1CCN(C[C@@H](O)CO)CC1)n2[C@@H]1O[C@H](CO)[C@H](O)[C@H]1O. The van der Waals surface area contributed by atoms with Crippen LogP contribution in [0.2, 0.25) is 0 Å². The van der Waals surface area contributed by atoms with Crippen LogP contribution in [0.1, 0.15) is 6.23 Å². The summed E-state index contributed by atoms with van der Waals surface area (Å²) in [6, 6.07) is 0. The zero-order chi connectivity index (χ0) is 21.4.